The summed E-state index contributed by atoms with van der Waals surface area (Å²) in [6.07, 6.45) is 0.958. The molecular formula is C15H16BrF2NS. The molecule has 1 heterocycles. The molecule has 1 aromatic carbocycles. The van der Waals surface area contributed by atoms with E-state index >= 15 is 0 Å². The Balaban J connectivity index is 2.40. The second-order valence-corrected chi connectivity index (χ2v) is 7.10. The monoisotopic (exact) mass is 359 g/mol. The average Bonchev–Trinajstić information content (AvgIpc) is 2.69. The molecule has 0 aliphatic rings. The zero-order valence-corrected chi connectivity index (χ0v) is 13.7. The van der Waals surface area contributed by atoms with E-state index in [-0.39, 0.29) is 6.04 Å². The van der Waals surface area contributed by atoms with Gasteiger partial charge in [0.1, 0.15) is 11.6 Å². The van der Waals surface area contributed by atoms with E-state index in [1.165, 1.54) is 12.1 Å². The van der Waals surface area contributed by atoms with Crippen molar-refractivity contribution in [2.24, 2.45) is 0 Å². The van der Waals surface area contributed by atoms with Gasteiger partial charge in [-0.3, -0.25) is 0 Å². The Morgan fingerprint density at radius 1 is 1.20 bits per heavy atom. The summed E-state index contributed by atoms with van der Waals surface area (Å²) in [6.45, 7) is 4.86. The van der Waals surface area contributed by atoms with Gasteiger partial charge < -0.3 is 5.32 Å². The molecule has 0 aliphatic heterocycles. The largest absolute Gasteiger partial charge is 0.306 e. The predicted octanol–water partition coefficient (Wildman–Crippen LogP) is 5.19. The summed E-state index contributed by atoms with van der Waals surface area (Å²) < 4.78 is 27.9. The summed E-state index contributed by atoms with van der Waals surface area (Å²) >= 11 is 5.09. The lowest BCUT2D eigenvalue weighted by Crippen LogP contribution is -2.22. The normalized spacial score (nSPS) is 12.7. The second-order valence-electron chi connectivity index (χ2n) is 4.70. The Labute approximate surface area is 130 Å². The number of halogens is 3. The highest BCUT2D eigenvalue weighted by Gasteiger charge is 2.18. The zero-order chi connectivity index (χ0) is 14.7. The summed E-state index contributed by atoms with van der Waals surface area (Å²) in [5.74, 6) is -1.09. The van der Waals surface area contributed by atoms with E-state index in [1.54, 1.807) is 11.3 Å². The maximum Gasteiger partial charge on any atom is 0.126 e. The van der Waals surface area contributed by atoms with Crippen LogP contribution in [-0.2, 0) is 0 Å². The quantitative estimate of drug-likeness (QED) is 0.774. The van der Waals surface area contributed by atoms with Gasteiger partial charge in [0.15, 0.2) is 0 Å². The van der Waals surface area contributed by atoms with Gasteiger partial charge in [0.25, 0.3) is 0 Å². The van der Waals surface area contributed by atoms with E-state index < -0.39 is 11.6 Å². The van der Waals surface area contributed by atoms with Crippen molar-refractivity contribution in [1.82, 2.24) is 5.32 Å². The molecule has 0 fully saturated rings. The molecule has 0 spiro atoms. The molecule has 1 atom stereocenters. The van der Waals surface area contributed by atoms with Gasteiger partial charge in [-0.15, -0.1) is 11.3 Å². The highest BCUT2D eigenvalue weighted by molar-refractivity contribution is 9.11. The molecule has 5 heteroatoms. The molecule has 2 rings (SSSR count). The molecule has 0 bridgehead atoms. The van der Waals surface area contributed by atoms with Crippen LogP contribution >= 0.6 is 27.3 Å². The highest BCUT2D eigenvalue weighted by Crippen LogP contribution is 2.34. The highest BCUT2D eigenvalue weighted by atomic mass is 79.9. The molecule has 1 unspecified atom stereocenters. The van der Waals surface area contributed by atoms with Crippen molar-refractivity contribution >= 4 is 27.3 Å². The van der Waals surface area contributed by atoms with Crippen LogP contribution in [-0.4, -0.2) is 6.54 Å². The smallest absolute Gasteiger partial charge is 0.126 e. The van der Waals surface area contributed by atoms with Crippen LogP contribution in [0.15, 0.2) is 28.1 Å². The Morgan fingerprint density at radius 2 is 1.85 bits per heavy atom. The minimum Gasteiger partial charge on any atom is -0.306 e. The fraction of sp³-hybridized carbons (Fsp3) is 0.333. The lowest BCUT2D eigenvalue weighted by Gasteiger charge is -2.18. The van der Waals surface area contributed by atoms with Crippen LogP contribution in [0.1, 0.15) is 35.4 Å². The summed E-state index contributed by atoms with van der Waals surface area (Å²) in [5, 5.41) is 3.35. The van der Waals surface area contributed by atoms with Crippen LogP contribution < -0.4 is 5.32 Å². The maximum atomic E-state index is 13.4. The van der Waals surface area contributed by atoms with E-state index in [0.29, 0.717) is 5.56 Å². The molecular weight excluding hydrogens is 344 g/mol. The third kappa shape index (κ3) is 3.65. The van der Waals surface area contributed by atoms with Crippen LogP contribution in [0.2, 0.25) is 0 Å². The van der Waals surface area contributed by atoms with Crippen LogP contribution in [0.4, 0.5) is 8.78 Å². The molecule has 0 radical (unpaired) electrons. The van der Waals surface area contributed by atoms with Gasteiger partial charge in [0.2, 0.25) is 0 Å². The van der Waals surface area contributed by atoms with Gasteiger partial charge in [0, 0.05) is 10.9 Å². The first-order valence-electron chi connectivity index (χ1n) is 6.46. The Kier molecular flexibility index (Phi) is 5.29. The van der Waals surface area contributed by atoms with E-state index in [2.05, 4.69) is 28.2 Å². The Morgan fingerprint density at radius 3 is 2.35 bits per heavy atom. The number of thiophene rings is 1. The van der Waals surface area contributed by atoms with Crippen LogP contribution in [0, 0.1) is 18.6 Å². The lowest BCUT2D eigenvalue weighted by atomic mass is 10.0. The van der Waals surface area contributed by atoms with Crippen LogP contribution in [0.25, 0.3) is 0 Å². The molecule has 2 aromatic rings. The standard InChI is InChI=1S/C15H16BrF2NS/c1-3-4-19-14(13-5-9(2)15(16)20-13)10-6-11(17)8-12(18)7-10/h5-8,14,19H,3-4H2,1-2H3. The molecule has 20 heavy (non-hydrogen) atoms. The van der Waals surface area contributed by atoms with Crippen molar-refractivity contribution < 1.29 is 8.78 Å². The first kappa shape index (κ1) is 15.6. The number of aryl methyl sites for hydroxylation is 1. The van der Waals surface area contributed by atoms with Gasteiger partial charge in [0.05, 0.1) is 9.83 Å². The zero-order valence-electron chi connectivity index (χ0n) is 11.3. The number of nitrogens with one attached hydrogen (secondary N) is 1. The van der Waals surface area contributed by atoms with Gasteiger partial charge in [-0.05, 0) is 65.1 Å². The minimum absolute atomic E-state index is 0.185. The topological polar surface area (TPSA) is 12.0 Å². The summed E-state index contributed by atoms with van der Waals surface area (Å²) in [6, 6.07) is 5.54. The summed E-state index contributed by atoms with van der Waals surface area (Å²) in [4.78, 5) is 1.05. The first-order valence-corrected chi connectivity index (χ1v) is 8.07. The molecule has 0 amide bonds. The second kappa shape index (κ2) is 6.78. The Bertz CT molecular complexity index is 558. The third-order valence-corrected chi connectivity index (χ3v) is 5.18. The maximum absolute atomic E-state index is 13.4. The third-order valence-electron chi connectivity index (χ3n) is 2.98. The van der Waals surface area contributed by atoms with Gasteiger partial charge in [-0.25, -0.2) is 8.78 Å². The number of benzene rings is 1. The molecule has 1 aromatic heterocycles. The average molecular weight is 360 g/mol. The van der Waals surface area contributed by atoms with E-state index in [4.69, 9.17) is 0 Å². The minimum atomic E-state index is -0.546. The number of rotatable bonds is 5. The van der Waals surface area contributed by atoms with Gasteiger partial charge in [-0.1, -0.05) is 6.92 Å². The Hall–Kier alpha value is -0.780. The molecule has 108 valence electrons. The molecule has 0 saturated carbocycles. The van der Waals surface area contributed by atoms with Crippen molar-refractivity contribution in [2.45, 2.75) is 26.3 Å². The fourth-order valence-electron chi connectivity index (χ4n) is 2.04. The molecule has 1 N–H and O–H groups in total. The van der Waals surface area contributed by atoms with Gasteiger partial charge in [-0.2, -0.15) is 0 Å². The summed E-state index contributed by atoms with van der Waals surface area (Å²) in [7, 11) is 0. The molecule has 0 aliphatic carbocycles. The lowest BCUT2D eigenvalue weighted by molar-refractivity contribution is 0.561. The van der Waals surface area contributed by atoms with Crippen molar-refractivity contribution in [2.75, 3.05) is 6.54 Å². The SMILES string of the molecule is CCCNC(c1cc(F)cc(F)c1)c1cc(C)c(Br)s1. The van der Waals surface area contributed by atoms with E-state index in [0.717, 1.165) is 33.3 Å². The number of hydrogen-bond acceptors (Lipinski definition) is 2. The van der Waals surface area contributed by atoms with Crippen molar-refractivity contribution in [3.63, 3.8) is 0 Å². The molecule has 1 nitrogen and oxygen atoms in total. The van der Waals surface area contributed by atoms with Crippen LogP contribution in [0.5, 0.6) is 0 Å². The number of hydrogen-bond donors (Lipinski definition) is 1. The predicted molar refractivity (Wildman–Crippen MR) is 83.3 cm³/mol. The van der Waals surface area contributed by atoms with Crippen LogP contribution in [0.3, 0.4) is 0 Å². The van der Waals surface area contributed by atoms with Crippen molar-refractivity contribution in [1.29, 1.82) is 0 Å². The van der Waals surface area contributed by atoms with Crippen molar-refractivity contribution in [3.05, 3.63) is 55.7 Å². The molecule has 0 saturated heterocycles. The first-order chi connectivity index (χ1) is 9.51. The van der Waals surface area contributed by atoms with Gasteiger partial charge >= 0.3 is 0 Å². The van der Waals surface area contributed by atoms with E-state index in [1.807, 2.05) is 13.0 Å². The fourth-order valence-corrected chi connectivity index (χ4v) is 3.71. The van der Waals surface area contributed by atoms with E-state index in [9.17, 15) is 8.78 Å². The summed E-state index contributed by atoms with van der Waals surface area (Å²) in [5.41, 5.74) is 1.75. The van der Waals surface area contributed by atoms with Crippen molar-refractivity contribution in [3.8, 4) is 0 Å².